The lowest BCUT2D eigenvalue weighted by molar-refractivity contribution is 0.483. The zero-order valence-corrected chi connectivity index (χ0v) is 22.6. The van der Waals surface area contributed by atoms with Gasteiger partial charge in [0.1, 0.15) is 17.1 Å². The Morgan fingerprint density at radius 1 is 0.610 bits per heavy atom. The topological polar surface area (TPSA) is 39.4 Å². The molecule has 0 aliphatic carbocycles. The van der Waals surface area contributed by atoms with Gasteiger partial charge >= 0.3 is 0 Å². The Morgan fingerprint density at radius 2 is 1.46 bits per heavy atom. The molecule has 0 unspecified atom stereocenters. The van der Waals surface area contributed by atoms with Crippen molar-refractivity contribution in [2.45, 2.75) is 0 Å². The van der Waals surface area contributed by atoms with Gasteiger partial charge in [-0.05, 0) is 72.1 Å². The van der Waals surface area contributed by atoms with E-state index in [2.05, 4.69) is 94.3 Å². The van der Waals surface area contributed by atoms with E-state index >= 15 is 0 Å². The number of thiophene rings is 1. The minimum Gasteiger partial charge on any atom is -0.457 e. The minimum absolute atomic E-state index is 0.768. The number of ether oxygens (including phenoxy) is 1. The zero-order chi connectivity index (χ0) is 26.9. The van der Waals surface area contributed by atoms with Crippen molar-refractivity contribution in [1.29, 1.82) is 0 Å². The summed E-state index contributed by atoms with van der Waals surface area (Å²) >= 11 is 1.84. The molecule has 0 N–H and O–H groups in total. The summed E-state index contributed by atoms with van der Waals surface area (Å²) in [5, 5.41) is 5.99. The first kappa shape index (κ1) is 22.5. The van der Waals surface area contributed by atoms with Gasteiger partial charge < -0.3 is 4.74 Å². The number of hydrogen-bond donors (Lipinski definition) is 0. The normalized spacial score (nSPS) is 11.9. The molecule has 4 heterocycles. The highest BCUT2D eigenvalue weighted by molar-refractivity contribution is 7.26. The van der Waals surface area contributed by atoms with E-state index < -0.39 is 0 Å². The van der Waals surface area contributed by atoms with Crippen molar-refractivity contribution in [2.24, 2.45) is 0 Å². The number of benzene rings is 5. The Hall–Kier alpha value is -5.26. The Labute approximate surface area is 238 Å². The van der Waals surface area contributed by atoms with Gasteiger partial charge in [-0.1, -0.05) is 54.6 Å². The van der Waals surface area contributed by atoms with Crippen LogP contribution < -0.4 is 4.74 Å². The maximum absolute atomic E-state index is 6.44. The number of imidazole rings is 1. The van der Waals surface area contributed by atoms with Gasteiger partial charge in [-0.15, -0.1) is 11.3 Å². The SMILES string of the molecule is c1ccc(-c2cccc(Oc3ccc4c(c3)c3nc5ccccc5n3c3c4ccc4sc5ccccc5c43)c2)nc1. The first-order valence-electron chi connectivity index (χ1n) is 13.6. The fourth-order valence-electron chi connectivity index (χ4n) is 6.08. The Balaban J connectivity index is 1.32. The summed E-state index contributed by atoms with van der Waals surface area (Å²) in [6, 6.07) is 42.0. The van der Waals surface area contributed by atoms with Crippen LogP contribution in [0.25, 0.3) is 69.8 Å². The molecule has 0 aliphatic rings. The van der Waals surface area contributed by atoms with Crippen LogP contribution in [0, 0.1) is 0 Å². The van der Waals surface area contributed by atoms with E-state index in [0.29, 0.717) is 0 Å². The van der Waals surface area contributed by atoms with E-state index in [1.165, 1.54) is 31.1 Å². The molecule has 0 spiro atoms. The summed E-state index contributed by atoms with van der Waals surface area (Å²) in [4.78, 5) is 9.66. The van der Waals surface area contributed by atoms with E-state index in [0.717, 1.165) is 50.2 Å². The molecule has 5 heteroatoms. The van der Waals surface area contributed by atoms with Crippen LogP contribution in [0.2, 0.25) is 0 Å². The zero-order valence-electron chi connectivity index (χ0n) is 21.8. The largest absolute Gasteiger partial charge is 0.457 e. The number of pyridine rings is 2. The minimum atomic E-state index is 0.768. The summed E-state index contributed by atoms with van der Waals surface area (Å²) in [6.45, 7) is 0. The third kappa shape index (κ3) is 3.39. The second-order valence-corrected chi connectivity index (χ2v) is 11.3. The van der Waals surface area contributed by atoms with Crippen molar-refractivity contribution in [3.8, 4) is 22.8 Å². The van der Waals surface area contributed by atoms with Crippen molar-refractivity contribution in [2.75, 3.05) is 0 Å². The van der Waals surface area contributed by atoms with Crippen LogP contribution in [0.1, 0.15) is 0 Å². The van der Waals surface area contributed by atoms with Crippen LogP contribution in [0.15, 0.2) is 128 Å². The van der Waals surface area contributed by atoms with Gasteiger partial charge in [0.15, 0.2) is 0 Å². The molecule has 0 radical (unpaired) electrons. The van der Waals surface area contributed by atoms with Crippen molar-refractivity contribution in [1.82, 2.24) is 14.4 Å². The molecule has 5 aromatic carbocycles. The van der Waals surface area contributed by atoms with Crippen LogP contribution in [-0.4, -0.2) is 14.4 Å². The van der Waals surface area contributed by atoms with Crippen LogP contribution in [0.4, 0.5) is 0 Å². The molecule has 0 amide bonds. The molecule has 9 rings (SSSR count). The van der Waals surface area contributed by atoms with E-state index in [9.17, 15) is 0 Å². The third-order valence-electron chi connectivity index (χ3n) is 7.85. The third-order valence-corrected chi connectivity index (χ3v) is 8.99. The van der Waals surface area contributed by atoms with E-state index in [4.69, 9.17) is 9.72 Å². The average Bonchev–Trinajstić information content (AvgIpc) is 3.61. The first-order chi connectivity index (χ1) is 20.3. The summed E-state index contributed by atoms with van der Waals surface area (Å²) in [5.41, 5.74) is 6.15. The van der Waals surface area contributed by atoms with Gasteiger partial charge in [-0.3, -0.25) is 9.38 Å². The molecule has 0 aliphatic heterocycles. The number of nitrogens with zero attached hydrogens (tertiary/aromatic N) is 3. The number of hydrogen-bond acceptors (Lipinski definition) is 4. The Bertz CT molecular complexity index is 2460. The number of rotatable bonds is 3. The molecule has 4 nitrogen and oxygen atoms in total. The van der Waals surface area contributed by atoms with Gasteiger partial charge in [0.25, 0.3) is 0 Å². The highest BCUT2D eigenvalue weighted by Crippen LogP contribution is 2.43. The molecule has 192 valence electrons. The summed E-state index contributed by atoms with van der Waals surface area (Å²) in [6.07, 6.45) is 1.81. The second kappa shape index (κ2) is 8.62. The molecule has 0 saturated heterocycles. The average molecular weight is 544 g/mol. The maximum Gasteiger partial charge on any atom is 0.146 e. The predicted molar refractivity (Wildman–Crippen MR) is 170 cm³/mol. The summed E-state index contributed by atoms with van der Waals surface area (Å²) < 4.78 is 11.4. The highest BCUT2D eigenvalue weighted by atomic mass is 32.1. The van der Waals surface area contributed by atoms with Gasteiger partial charge in [0.2, 0.25) is 0 Å². The number of fused-ring (bicyclic) bond motifs is 12. The lowest BCUT2D eigenvalue weighted by Gasteiger charge is -2.13. The van der Waals surface area contributed by atoms with Crippen molar-refractivity contribution in [3.05, 3.63) is 128 Å². The molecular weight excluding hydrogens is 522 g/mol. The first-order valence-corrected chi connectivity index (χ1v) is 14.4. The van der Waals surface area contributed by atoms with E-state index in [1.807, 2.05) is 53.9 Å². The van der Waals surface area contributed by atoms with Crippen LogP contribution in [0.3, 0.4) is 0 Å². The quantitative estimate of drug-likeness (QED) is 0.208. The predicted octanol–water partition coefficient (Wildman–Crippen LogP) is 10.0. The van der Waals surface area contributed by atoms with Crippen LogP contribution in [0.5, 0.6) is 11.5 Å². The van der Waals surface area contributed by atoms with Crippen molar-refractivity contribution in [3.63, 3.8) is 0 Å². The second-order valence-electron chi connectivity index (χ2n) is 10.2. The lowest BCUT2D eigenvalue weighted by Crippen LogP contribution is -1.93. The fraction of sp³-hybridized carbons (Fsp3) is 0. The van der Waals surface area contributed by atoms with Gasteiger partial charge in [-0.25, -0.2) is 4.98 Å². The molecule has 0 bridgehead atoms. The molecule has 4 aromatic heterocycles. The highest BCUT2D eigenvalue weighted by Gasteiger charge is 2.18. The summed E-state index contributed by atoms with van der Waals surface area (Å²) in [5.74, 6) is 1.54. The number of aromatic nitrogens is 3. The molecular formula is C36H21N3OS. The molecule has 0 atom stereocenters. The van der Waals surface area contributed by atoms with E-state index in [1.54, 1.807) is 0 Å². The maximum atomic E-state index is 6.44. The van der Waals surface area contributed by atoms with Crippen molar-refractivity contribution >= 4 is 69.9 Å². The monoisotopic (exact) mass is 543 g/mol. The number of para-hydroxylation sites is 2. The standard InChI is InChI=1S/C36H21N3OS/c1-4-14-32-27(10-1)34-33(41-32)18-17-26-25-16-15-24(40-23-9-7-8-22(20-23)29-11-5-6-19-37-29)21-28(25)36-38-30-12-2-3-13-31(30)39(36)35(26)34/h1-21H. The lowest BCUT2D eigenvalue weighted by atomic mass is 10.0. The molecule has 0 fully saturated rings. The molecule has 0 saturated carbocycles. The van der Waals surface area contributed by atoms with Gasteiger partial charge in [-0.2, -0.15) is 0 Å². The fourth-order valence-corrected chi connectivity index (χ4v) is 7.18. The Morgan fingerprint density at radius 3 is 2.41 bits per heavy atom. The summed E-state index contributed by atoms with van der Waals surface area (Å²) in [7, 11) is 0. The van der Waals surface area contributed by atoms with E-state index in [-0.39, 0.29) is 0 Å². The van der Waals surface area contributed by atoms with Crippen LogP contribution >= 0.6 is 11.3 Å². The van der Waals surface area contributed by atoms with Crippen LogP contribution in [-0.2, 0) is 0 Å². The van der Waals surface area contributed by atoms with Crippen molar-refractivity contribution < 1.29 is 4.74 Å². The Kier molecular flexibility index (Phi) is 4.74. The smallest absolute Gasteiger partial charge is 0.146 e. The van der Waals surface area contributed by atoms with Gasteiger partial charge in [0, 0.05) is 42.7 Å². The molecule has 9 aromatic rings. The van der Waals surface area contributed by atoms with Gasteiger partial charge in [0.05, 0.1) is 22.2 Å². The molecule has 41 heavy (non-hydrogen) atoms.